The van der Waals surface area contributed by atoms with Gasteiger partial charge in [-0.05, 0) is 69.0 Å². The first-order valence-electron chi connectivity index (χ1n) is 5.21. The third-order valence-electron chi connectivity index (χ3n) is 2.45. The van der Waals surface area contributed by atoms with Gasteiger partial charge in [-0.15, -0.1) is 0 Å². The number of hydrogen-bond acceptors (Lipinski definition) is 2. The molecule has 0 amide bonds. The lowest BCUT2D eigenvalue weighted by molar-refractivity contribution is 1.26. The lowest BCUT2D eigenvalue weighted by Crippen LogP contribution is -1.97. The van der Waals surface area contributed by atoms with Crippen molar-refractivity contribution in [2.75, 3.05) is 5.32 Å². The Bertz CT molecular complexity index is 553. The van der Waals surface area contributed by atoms with E-state index in [1.165, 1.54) is 11.1 Å². The number of anilines is 2. The summed E-state index contributed by atoms with van der Waals surface area (Å²) in [5, 5.41) is 3.33. The van der Waals surface area contributed by atoms with Crippen molar-refractivity contribution in [3.8, 4) is 0 Å². The molecule has 2 rings (SSSR count). The van der Waals surface area contributed by atoms with Gasteiger partial charge in [-0.1, -0.05) is 12.1 Å². The predicted molar refractivity (Wildman–Crippen MR) is 78.8 cm³/mol. The van der Waals surface area contributed by atoms with Gasteiger partial charge in [0.25, 0.3) is 0 Å². The van der Waals surface area contributed by atoms with Gasteiger partial charge in [0.15, 0.2) is 0 Å². The summed E-state index contributed by atoms with van der Waals surface area (Å²) < 4.78 is 1.89. The minimum atomic E-state index is 0.821. The van der Waals surface area contributed by atoms with Crippen LogP contribution in [0.15, 0.2) is 39.4 Å². The highest BCUT2D eigenvalue weighted by atomic mass is 79.9. The van der Waals surface area contributed by atoms with Gasteiger partial charge in [0, 0.05) is 16.4 Å². The third-order valence-corrected chi connectivity index (χ3v) is 3.49. The molecule has 0 radical (unpaired) electrons. The van der Waals surface area contributed by atoms with Crippen LogP contribution in [-0.4, -0.2) is 4.98 Å². The minimum Gasteiger partial charge on any atom is -0.339 e. The molecule has 0 aliphatic heterocycles. The molecule has 1 aromatic heterocycles. The lowest BCUT2D eigenvalue weighted by Gasteiger charge is -2.11. The van der Waals surface area contributed by atoms with Gasteiger partial charge in [-0.2, -0.15) is 0 Å². The molecule has 0 unspecified atom stereocenters. The zero-order valence-electron chi connectivity index (χ0n) is 9.59. The molecule has 0 aliphatic rings. The van der Waals surface area contributed by atoms with Gasteiger partial charge >= 0.3 is 0 Å². The van der Waals surface area contributed by atoms with Crippen LogP contribution in [-0.2, 0) is 0 Å². The molecule has 0 bridgehead atoms. The SMILES string of the molecule is Cc1ccc(C)c(Nc2ncc(Br)cc2Br)c1. The van der Waals surface area contributed by atoms with Crippen molar-refractivity contribution in [1.82, 2.24) is 4.98 Å². The van der Waals surface area contributed by atoms with Crippen LogP contribution in [0.2, 0.25) is 0 Å². The van der Waals surface area contributed by atoms with Gasteiger partial charge < -0.3 is 5.32 Å². The minimum absolute atomic E-state index is 0.821. The molecular weight excluding hydrogens is 344 g/mol. The number of pyridine rings is 1. The first-order valence-corrected chi connectivity index (χ1v) is 6.80. The Morgan fingerprint density at radius 3 is 2.59 bits per heavy atom. The van der Waals surface area contributed by atoms with Crippen molar-refractivity contribution in [1.29, 1.82) is 0 Å². The highest BCUT2D eigenvalue weighted by Gasteiger charge is 2.04. The number of halogens is 2. The average molecular weight is 356 g/mol. The zero-order chi connectivity index (χ0) is 12.4. The van der Waals surface area contributed by atoms with Crippen LogP contribution >= 0.6 is 31.9 Å². The molecule has 2 aromatic rings. The molecule has 1 N–H and O–H groups in total. The molecule has 0 fully saturated rings. The summed E-state index contributed by atoms with van der Waals surface area (Å²) >= 11 is 6.88. The molecule has 1 heterocycles. The molecule has 0 spiro atoms. The Hall–Kier alpha value is -0.870. The molecular formula is C13H12Br2N2. The van der Waals surface area contributed by atoms with Gasteiger partial charge in [-0.3, -0.25) is 0 Å². The van der Waals surface area contributed by atoms with E-state index in [2.05, 4.69) is 74.2 Å². The summed E-state index contributed by atoms with van der Waals surface area (Å²) in [7, 11) is 0. The van der Waals surface area contributed by atoms with Crippen LogP contribution < -0.4 is 5.32 Å². The molecule has 88 valence electrons. The van der Waals surface area contributed by atoms with Gasteiger partial charge in [0.1, 0.15) is 5.82 Å². The largest absolute Gasteiger partial charge is 0.339 e. The van der Waals surface area contributed by atoms with Crippen molar-refractivity contribution < 1.29 is 0 Å². The summed E-state index contributed by atoms with van der Waals surface area (Å²) in [6.07, 6.45) is 1.78. The number of nitrogens with one attached hydrogen (secondary N) is 1. The molecule has 4 heteroatoms. The fourth-order valence-corrected chi connectivity index (χ4v) is 2.59. The first kappa shape index (κ1) is 12.6. The molecule has 1 aromatic carbocycles. The van der Waals surface area contributed by atoms with E-state index in [4.69, 9.17) is 0 Å². The lowest BCUT2D eigenvalue weighted by atomic mass is 10.1. The van der Waals surface area contributed by atoms with Crippen LogP contribution in [0.1, 0.15) is 11.1 Å². The quantitative estimate of drug-likeness (QED) is 0.822. The summed E-state index contributed by atoms with van der Waals surface area (Å²) in [6.45, 7) is 4.16. The normalized spacial score (nSPS) is 10.4. The summed E-state index contributed by atoms with van der Waals surface area (Å²) in [5.41, 5.74) is 3.51. The van der Waals surface area contributed by atoms with Crippen LogP contribution in [0.3, 0.4) is 0 Å². The van der Waals surface area contributed by atoms with E-state index < -0.39 is 0 Å². The Kier molecular flexibility index (Phi) is 3.84. The van der Waals surface area contributed by atoms with E-state index in [9.17, 15) is 0 Å². The fraction of sp³-hybridized carbons (Fsp3) is 0.154. The van der Waals surface area contributed by atoms with Crippen molar-refractivity contribution in [3.63, 3.8) is 0 Å². The second kappa shape index (κ2) is 5.19. The Morgan fingerprint density at radius 1 is 1.12 bits per heavy atom. The molecule has 17 heavy (non-hydrogen) atoms. The summed E-state index contributed by atoms with van der Waals surface area (Å²) in [5.74, 6) is 0.821. The topological polar surface area (TPSA) is 24.9 Å². The molecule has 0 atom stereocenters. The van der Waals surface area contributed by atoms with Gasteiger partial charge in [-0.25, -0.2) is 4.98 Å². The molecule has 0 saturated heterocycles. The van der Waals surface area contributed by atoms with E-state index in [0.717, 1.165) is 20.5 Å². The van der Waals surface area contributed by atoms with Crippen molar-refractivity contribution >= 4 is 43.4 Å². The van der Waals surface area contributed by atoms with Crippen LogP contribution in [0.4, 0.5) is 11.5 Å². The van der Waals surface area contributed by atoms with Crippen LogP contribution in [0.5, 0.6) is 0 Å². The Balaban J connectivity index is 2.34. The standard InChI is InChI=1S/C13H12Br2N2/c1-8-3-4-9(2)12(5-8)17-13-11(15)6-10(14)7-16-13/h3-7H,1-2H3,(H,16,17). The molecule has 0 saturated carbocycles. The van der Waals surface area contributed by atoms with E-state index in [1.54, 1.807) is 6.20 Å². The zero-order valence-corrected chi connectivity index (χ0v) is 12.8. The number of rotatable bonds is 2. The van der Waals surface area contributed by atoms with E-state index in [0.29, 0.717) is 0 Å². The maximum atomic E-state index is 4.34. The monoisotopic (exact) mass is 354 g/mol. The number of benzene rings is 1. The molecule has 2 nitrogen and oxygen atoms in total. The number of aryl methyl sites for hydroxylation is 2. The predicted octanol–water partition coefficient (Wildman–Crippen LogP) is 4.97. The smallest absolute Gasteiger partial charge is 0.144 e. The van der Waals surface area contributed by atoms with Crippen molar-refractivity contribution in [2.45, 2.75) is 13.8 Å². The Morgan fingerprint density at radius 2 is 1.88 bits per heavy atom. The van der Waals surface area contributed by atoms with Gasteiger partial charge in [0.05, 0.1) is 4.47 Å². The second-order valence-electron chi connectivity index (χ2n) is 3.93. The van der Waals surface area contributed by atoms with E-state index in [1.807, 2.05) is 6.07 Å². The number of aromatic nitrogens is 1. The summed E-state index contributed by atoms with van der Waals surface area (Å²) in [6, 6.07) is 8.29. The fourth-order valence-electron chi connectivity index (χ4n) is 1.50. The summed E-state index contributed by atoms with van der Waals surface area (Å²) in [4.78, 5) is 4.34. The van der Waals surface area contributed by atoms with E-state index in [-0.39, 0.29) is 0 Å². The van der Waals surface area contributed by atoms with Crippen LogP contribution in [0, 0.1) is 13.8 Å². The van der Waals surface area contributed by atoms with Gasteiger partial charge in [0.2, 0.25) is 0 Å². The first-order chi connectivity index (χ1) is 8.06. The van der Waals surface area contributed by atoms with Crippen LogP contribution in [0.25, 0.3) is 0 Å². The average Bonchev–Trinajstić information content (AvgIpc) is 2.27. The second-order valence-corrected chi connectivity index (χ2v) is 5.70. The highest BCUT2D eigenvalue weighted by molar-refractivity contribution is 9.11. The maximum Gasteiger partial charge on any atom is 0.144 e. The number of nitrogens with zero attached hydrogens (tertiary/aromatic N) is 1. The Labute approximate surface area is 118 Å². The molecule has 0 aliphatic carbocycles. The van der Waals surface area contributed by atoms with Crippen molar-refractivity contribution in [3.05, 3.63) is 50.5 Å². The van der Waals surface area contributed by atoms with E-state index >= 15 is 0 Å². The van der Waals surface area contributed by atoms with Crippen molar-refractivity contribution in [2.24, 2.45) is 0 Å². The highest BCUT2D eigenvalue weighted by Crippen LogP contribution is 2.28. The maximum absolute atomic E-state index is 4.34. The third kappa shape index (κ3) is 3.07. The number of hydrogen-bond donors (Lipinski definition) is 1.